The van der Waals surface area contributed by atoms with Gasteiger partial charge >= 0.3 is 0 Å². The molecule has 3 aromatic heterocycles. The van der Waals surface area contributed by atoms with Gasteiger partial charge in [-0.25, -0.2) is 19.9 Å². The van der Waals surface area contributed by atoms with Crippen molar-refractivity contribution in [2.45, 2.75) is 19.3 Å². The lowest BCUT2D eigenvalue weighted by molar-refractivity contribution is 0.598. The van der Waals surface area contributed by atoms with Crippen LogP contribution >= 0.6 is 0 Å². The number of oxazole rings is 1. The fourth-order valence-corrected chi connectivity index (χ4v) is 8.43. The largest absolute Gasteiger partial charge is 0.443 e. The Morgan fingerprint density at radius 1 is 0.473 bits per heavy atom. The van der Waals surface area contributed by atoms with Crippen molar-refractivity contribution >= 4 is 32.9 Å². The predicted octanol–water partition coefficient (Wildman–Crippen LogP) is 12.1. The highest BCUT2D eigenvalue weighted by atomic mass is 16.3. The Bertz CT molecular complexity index is 3070. The fraction of sp³-hybridized carbons (Fsp3) is 0.0612. The molecule has 0 spiro atoms. The second-order valence-electron chi connectivity index (χ2n) is 14.8. The smallest absolute Gasteiger partial charge is 0.181 e. The van der Waals surface area contributed by atoms with Crippen molar-refractivity contribution in [2.75, 3.05) is 0 Å². The first-order chi connectivity index (χ1) is 27.0. The van der Waals surface area contributed by atoms with Crippen LogP contribution in [0.5, 0.6) is 0 Å². The van der Waals surface area contributed by atoms with E-state index in [-0.39, 0.29) is 5.41 Å². The molecule has 260 valence electrons. The molecule has 0 fully saturated rings. The average molecular weight is 708 g/mol. The second-order valence-corrected chi connectivity index (χ2v) is 14.8. The lowest BCUT2D eigenvalue weighted by Gasteiger charge is -2.21. The summed E-state index contributed by atoms with van der Waals surface area (Å²) >= 11 is 0. The van der Waals surface area contributed by atoms with Gasteiger partial charge in [0.15, 0.2) is 29.4 Å². The SMILES string of the molecule is CC1(C)c2ccc(-c3ccc4c(c3)c3ccccc3n4-c3cccc(-c4nc(-c5ccccc5)nc(-c5ccccc5)n4)c3)cc2-c2cc3ncoc3cc21. The highest BCUT2D eigenvalue weighted by Crippen LogP contribution is 2.51. The third-order valence-electron chi connectivity index (χ3n) is 11.2. The number of hydrogen-bond donors (Lipinski definition) is 0. The summed E-state index contributed by atoms with van der Waals surface area (Å²) in [4.78, 5) is 19.4. The van der Waals surface area contributed by atoms with Gasteiger partial charge in [-0.3, -0.25) is 0 Å². The second kappa shape index (κ2) is 11.9. The normalized spacial score (nSPS) is 13.1. The number of benzene rings is 7. The molecule has 3 heterocycles. The molecule has 0 N–H and O–H groups in total. The summed E-state index contributed by atoms with van der Waals surface area (Å²) in [5.41, 5.74) is 15.1. The summed E-state index contributed by atoms with van der Waals surface area (Å²) in [5, 5.41) is 2.39. The van der Waals surface area contributed by atoms with Crippen LogP contribution < -0.4 is 0 Å². The van der Waals surface area contributed by atoms with E-state index < -0.39 is 0 Å². The minimum absolute atomic E-state index is 0.135. The number of fused-ring (bicyclic) bond motifs is 7. The maximum Gasteiger partial charge on any atom is 0.181 e. The van der Waals surface area contributed by atoms with Crippen molar-refractivity contribution < 1.29 is 4.42 Å². The molecule has 11 rings (SSSR count). The Morgan fingerprint density at radius 3 is 1.85 bits per heavy atom. The number of hydrogen-bond acceptors (Lipinski definition) is 5. The van der Waals surface area contributed by atoms with Gasteiger partial charge in [0.25, 0.3) is 0 Å². The zero-order valence-electron chi connectivity index (χ0n) is 30.2. The lowest BCUT2D eigenvalue weighted by atomic mass is 9.82. The van der Waals surface area contributed by atoms with E-state index in [2.05, 4.69) is 120 Å². The van der Waals surface area contributed by atoms with Crippen molar-refractivity contribution in [3.8, 4) is 62.1 Å². The molecule has 0 radical (unpaired) electrons. The Morgan fingerprint density at radius 2 is 1.09 bits per heavy atom. The van der Waals surface area contributed by atoms with Crippen LogP contribution in [0.25, 0.3) is 95.0 Å². The topological polar surface area (TPSA) is 69.6 Å². The molecule has 10 aromatic rings. The van der Waals surface area contributed by atoms with E-state index in [4.69, 9.17) is 19.4 Å². The summed E-state index contributed by atoms with van der Waals surface area (Å²) in [5.74, 6) is 1.91. The molecule has 0 unspecified atom stereocenters. The number of para-hydroxylation sites is 1. The molecule has 6 nitrogen and oxygen atoms in total. The number of aromatic nitrogens is 5. The van der Waals surface area contributed by atoms with Crippen molar-refractivity contribution in [2.24, 2.45) is 0 Å². The van der Waals surface area contributed by atoms with Crippen LogP contribution in [0.15, 0.2) is 169 Å². The molecule has 6 heteroatoms. The zero-order valence-corrected chi connectivity index (χ0v) is 30.2. The molecule has 0 bridgehead atoms. The monoisotopic (exact) mass is 707 g/mol. The molecule has 55 heavy (non-hydrogen) atoms. The number of rotatable bonds is 5. The van der Waals surface area contributed by atoms with Gasteiger partial charge in [-0.1, -0.05) is 123 Å². The summed E-state index contributed by atoms with van der Waals surface area (Å²) in [6.45, 7) is 4.58. The molecule has 0 saturated carbocycles. The van der Waals surface area contributed by atoms with E-state index >= 15 is 0 Å². The zero-order chi connectivity index (χ0) is 36.7. The van der Waals surface area contributed by atoms with Gasteiger partial charge in [0.2, 0.25) is 0 Å². The maximum absolute atomic E-state index is 5.69. The lowest BCUT2D eigenvalue weighted by Crippen LogP contribution is -2.14. The third kappa shape index (κ3) is 4.95. The number of nitrogens with zero attached hydrogens (tertiary/aromatic N) is 5. The Balaban J connectivity index is 1.04. The molecule has 0 amide bonds. The molecular formula is C49H33N5O. The van der Waals surface area contributed by atoms with Crippen molar-refractivity contribution in [3.63, 3.8) is 0 Å². The molecule has 0 aliphatic heterocycles. The van der Waals surface area contributed by atoms with Crippen LogP contribution in [0.4, 0.5) is 0 Å². The molecule has 7 aromatic carbocycles. The van der Waals surface area contributed by atoms with Crippen LogP contribution in [0.2, 0.25) is 0 Å². The van der Waals surface area contributed by atoms with E-state index in [1.165, 1.54) is 50.5 Å². The van der Waals surface area contributed by atoms with E-state index in [0.29, 0.717) is 17.5 Å². The van der Waals surface area contributed by atoms with Crippen molar-refractivity contribution in [3.05, 3.63) is 175 Å². The van der Waals surface area contributed by atoms with Gasteiger partial charge in [0, 0.05) is 38.6 Å². The van der Waals surface area contributed by atoms with Gasteiger partial charge in [-0.2, -0.15) is 0 Å². The molecular weight excluding hydrogens is 675 g/mol. The van der Waals surface area contributed by atoms with Gasteiger partial charge in [-0.15, -0.1) is 0 Å². The van der Waals surface area contributed by atoms with E-state index in [9.17, 15) is 0 Å². The molecule has 0 atom stereocenters. The summed E-state index contributed by atoms with van der Waals surface area (Å²) in [6.07, 6.45) is 1.53. The maximum atomic E-state index is 5.69. The van der Waals surface area contributed by atoms with Gasteiger partial charge < -0.3 is 8.98 Å². The molecule has 0 saturated heterocycles. The van der Waals surface area contributed by atoms with Crippen LogP contribution in [0.3, 0.4) is 0 Å². The van der Waals surface area contributed by atoms with Gasteiger partial charge in [-0.05, 0) is 81.9 Å². The van der Waals surface area contributed by atoms with E-state index in [1.54, 1.807) is 0 Å². The first-order valence-corrected chi connectivity index (χ1v) is 18.5. The minimum Gasteiger partial charge on any atom is -0.443 e. The Kier molecular flexibility index (Phi) is 6.79. The third-order valence-corrected chi connectivity index (χ3v) is 11.2. The Hall–Kier alpha value is -7.18. The van der Waals surface area contributed by atoms with E-state index in [1.807, 2.05) is 60.7 Å². The van der Waals surface area contributed by atoms with Crippen LogP contribution in [-0.4, -0.2) is 24.5 Å². The quantitative estimate of drug-likeness (QED) is 0.178. The highest BCUT2D eigenvalue weighted by Gasteiger charge is 2.36. The van der Waals surface area contributed by atoms with Gasteiger partial charge in [0.05, 0.1) is 11.0 Å². The van der Waals surface area contributed by atoms with Crippen LogP contribution in [-0.2, 0) is 5.41 Å². The predicted molar refractivity (Wildman–Crippen MR) is 221 cm³/mol. The Labute approximate surface area is 317 Å². The van der Waals surface area contributed by atoms with E-state index in [0.717, 1.165) is 44.5 Å². The van der Waals surface area contributed by atoms with Crippen LogP contribution in [0, 0.1) is 0 Å². The standard InChI is InChI=1S/C49H33N5O/c1-49(2)40-22-20-32(25-37(40)38-27-42-45(28-41(38)49)55-29-50-42)33-21-23-44-39(26-33)36-18-9-10-19-43(36)54(44)35-17-11-16-34(24-35)48-52-46(30-12-5-3-6-13-30)51-47(53-48)31-14-7-4-8-15-31/h3-29H,1-2H3. The average Bonchev–Trinajstić information content (AvgIpc) is 3.91. The fourth-order valence-electron chi connectivity index (χ4n) is 8.43. The summed E-state index contributed by atoms with van der Waals surface area (Å²) in [7, 11) is 0. The minimum atomic E-state index is -0.135. The molecule has 1 aliphatic rings. The van der Waals surface area contributed by atoms with Crippen LogP contribution in [0.1, 0.15) is 25.0 Å². The summed E-state index contributed by atoms with van der Waals surface area (Å²) in [6, 6.07) is 55.4. The van der Waals surface area contributed by atoms with Crippen molar-refractivity contribution in [1.82, 2.24) is 24.5 Å². The highest BCUT2D eigenvalue weighted by molar-refractivity contribution is 6.10. The summed E-state index contributed by atoms with van der Waals surface area (Å²) < 4.78 is 8.04. The van der Waals surface area contributed by atoms with Gasteiger partial charge in [0.1, 0.15) is 5.52 Å². The first kappa shape index (κ1) is 31.4. The molecule has 1 aliphatic carbocycles. The first-order valence-electron chi connectivity index (χ1n) is 18.5. The van der Waals surface area contributed by atoms with Crippen molar-refractivity contribution in [1.29, 1.82) is 0 Å².